The molecule has 23 heavy (non-hydrogen) atoms. The van der Waals surface area contributed by atoms with Gasteiger partial charge in [0.15, 0.2) is 0 Å². The Kier molecular flexibility index (Phi) is 6.88. The molecule has 1 amide bonds. The number of carbonyl (C=O) groups is 1. The largest absolute Gasteiger partial charge is 0.358 e. The van der Waals surface area contributed by atoms with Gasteiger partial charge in [0.1, 0.15) is 0 Å². The molecular weight excluding hydrogens is 310 g/mol. The van der Waals surface area contributed by atoms with Gasteiger partial charge in [-0.25, -0.2) is 0 Å². The van der Waals surface area contributed by atoms with Crippen LogP contribution in [-0.4, -0.2) is 43.5 Å². The van der Waals surface area contributed by atoms with Gasteiger partial charge >= 0.3 is 0 Å². The molecule has 1 unspecified atom stereocenters. The van der Waals surface area contributed by atoms with Crippen LogP contribution in [0.5, 0.6) is 0 Å². The molecule has 0 radical (unpaired) electrons. The molecule has 1 aliphatic heterocycles. The van der Waals surface area contributed by atoms with Crippen LogP contribution in [0.15, 0.2) is 24.3 Å². The summed E-state index contributed by atoms with van der Waals surface area (Å²) < 4.78 is 0. The fourth-order valence-corrected chi connectivity index (χ4v) is 3.26. The second-order valence-corrected chi connectivity index (χ2v) is 7.10. The van der Waals surface area contributed by atoms with Gasteiger partial charge in [0.05, 0.1) is 6.54 Å². The van der Waals surface area contributed by atoms with E-state index in [0.29, 0.717) is 24.5 Å². The van der Waals surface area contributed by atoms with Gasteiger partial charge in [-0.3, -0.25) is 9.69 Å². The summed E-state index contributed by atoms with van der Waals surface area (Å²) in [6.45, 7) is 6.93. The predicted octanol–water partition coefficient (Wildman–Crippen LogP) is 2.84. The summed E-state index contributed by atoms with van der Waals surface area (Å²) >= 11 is 6.00. The molecule has 0 saturated carbocycles. The van der Waals surface area contributed by atoms with Gasteiger partial charge in [0.2, 0.25) is 5.91 Å². The van der Waals surface area contributed by atoms with Crippen LogP contribution in [0.1, 0.15) is 38.3 Å². The summed E-state index contributed by atoms with van der Waals surface area (Å²) in [7, 11) is 1.69. The van der Waals surface area contributed by atoms with E-state index in [0.717, 1.165) is 31.0 Å². The fraction of sp³-hybridized carbons (Fsp3) is 0.611. The number of carbonyl (C=O) groups excluding carboxylic acids is 1. The van der Waals surface area contributed by atoms with E-state index in [1.807, 2.05) is 12.1 Å². The van der Waals surface area contributed by atoms with Crippen molar-refractivity contribution in [3.63, 3.8) is 0 Å². The minimum absolute atomic E-state index is 0.0950. The Labute approximate surface area is 144 Å². The van der Waals surface area contributed by atoms with Crippen LogP contribution in [0.3, 0.4) is 0 Å². The average Bonchev–Trinajstić information content (AvgIpc) is 2.54. The number of hydrogen-bond donors (Lipinski definition) is 2. The summed E-state index contributed by atoms with van der Waals surface area (Å²) in [5.41, 5.74) is 1.29. The van der Waals surface area contributed by atoms with Gasteiger partial charge < -0.3 is 10.6 Å². The molecule has 0 aliphatic carbocycles. The van der Waals surface area contributed by atoms with Gasteiger partial charge in [-0.05, 0) is 36.5 Å². The number of benzene rings is 1. The Morgan fingerprint density at radius 2 is 1.87 bits per heavy atom. The topological polar surface area (TPSA) is 44.4 Å². The van der Waals surface area contributed by atoms with Crippen molar-refractivity contribution in [1.29, 1.82) is 0 Å². The molecule has 1 aromatic carbocycles. The minimum Gasteiger partial charge on any atom is -0.358 e. The highest BCUT2D eigenvalue weighted by Crippen LogP contribution is 2.25. The first-order valence-corrected chi connectivity index (χ1v) is 8.82. The number of nitrogens with zero attached hydrogens (tertiary/aromatic N) is 1. The molecule has 1 atom stereocenters. The molecule has 1 fully saturated rings. The third-order valence-electron chi connectivity index (χ3n) is 4.54. The highest BCUT2D eigenvalue weighted by atomic mass is 35.5. The Morgan fingerprint density at radius 3 is 2.39 bits per heavy atom. The minimum atomic E-state index is 0.0950. The van der Waals surface area contributed by atoms with Crippen molar-refractivity contribution in [2.45, 2.75) is 38.8 Å². The molecule has 2 rings (SSSR count). The van der Waals surface area contributed by atoms with Crippen molar-refractivity contribution in [3.05, 3.63) is 34.9 Å². The van der Waals surface area contributed by atoms with Crippen molar-refractivity contribution >= 4 is 17.5 Å². The van der Waals surface area contributed by atoms with E-state index in [9.17, 15) is 4.79 Å². The SMILES string of the molecule is CNC(=O)CN1CCC(NC(c2ccc(Cl)cc2)C(C)C)CC1. The first-order chi connectivity index (χ1) is 11.0. The zero-order chi connectivity index (χ0) is 16.8. The average molecular weight is 338 g/mol. The lowest BCUT2D eigenvalue weighted by atomic mass is 9.93. The van der Waals surface area contributed by atoms with Crippen molar-refractivity contribution in [1.82, 2.24) is 15.5 Å². The molecule has 4 nitrogen and oxygen atoms in total. The molecule has 1 saturated heterocycles. The van der Waals surface area contributed by atoms with E-state index in [1.165, 1.54) is 5.56 Å². The molecule has 0 spiro atoms. The van der Waals surface area contributed by atoms with Crippen LogP contribution >= 0.6 is 11.6 Å². The van der Waals surface area contributed by atoms with Crippen molar-refractivity contribution in [2.75, 3.05) is 26.7 Å². The number of halogens is 1. The lowest BCUT2D eigenvalue weighted by Crippen LogP contribution is -2.47. The number of piperidine rings is 1. The number of amides is 1. The van der Waals surface area contributed by atoms with E-state index in [4.69, 9.17) is 11.6 Å². The quantitative estimate of drug-likeness (QED) is 0.839. The maximum atomic E-state index is 11.5. The highest BCUT2D eigenvalue weighted by molar-refractivity contribution is 6.30. The number of nitrogens with one attached hydrogen (secondary N) is 2. The molecule has 2 N–H and O–H groups in total. The van der Waals surface area contributed by atoms with E-state index >= 15 is 0 Å². The zero-order valence-electron chi connectivity index (χ0n) is 14.3. The van der Waals surface area contributed by atoms with Crippen LogP contribution in [-0.2, 0) is 4.79 Å². The van der Waals surface area contributed by atoms with Crippen LogP contribution in [0.4, 0.5) is 0 Å². The monoisotopic (exact) mass is 337 g/mol. The molecule has 1 aliphatic rings. The number of likely N-dealkylation sites (tertiary alicyclic amines) is 1. The smallest absolute Gasteiger partial charge is 0.233 e. The standard InChI is InChI=1S/C18H28ClN3O/c1-13(2)18(14-4-6-15(19)7-5-14)21-16-8-10-22(11-9-16)12-17(23)20-3/h4-7,13,16,18,21H,8-12H2,1-3H3,(H,20,23). The summed E-state index contributed by atoms with van der Waals surface area (Å²) in [6.07, 6.45) is 2.15. The Hall–Kier alpha value is -1.10. The van der Waals surface area contributed by atoms with Gasteiger partial charge in [-0.1, -0.05) is 37.6 Å². The maximum Gasteiger partial charge on any atom is 0.233 e. The highest BCUT2D eigenvalue weighted by Gasteiger charge is 2.24. The first kappa shape index (κ1) is 18.2. The third kappa shape index (κ3) is 5.48. The van der Waals surface area contributed by atoms with Crippen LogP contribution < -0.4 is 10.6 Å². The Morgan fingerprint density at radius 1 is 1.26 bits per heavy atom. The normalized spacial score (nSPS) is 18.1. The lowest BCUT2D eigenvalue weighted by molar-refractivity contribution is -0.122. The second-order valence-electron chi connectivity index (χ2n) is 6.66. The van der Waals surface area contributed by atoms with E-state index in [1.54, 1.807) is 7.05 Å². The molecule has 0 bridgehead atoms. The van der Waals surface area contributed by atoms with Crippen molar-refractivity contribution in [3.8, 4) is 0 Å². The van der Waals surface area contributed by atoms with Crippen molar-refractivity contribution in [2.24, 2.45) is 5.92 Å². The number of hydrogen-bond acceptors (Lipinski definition) is 3. The van der Waals surface area contributed by atoms with Crippen molar-refractivity contribution < 1.29 is 4.79 Å². The molecule has 0 aromatic heterocycles. The summed E-state index contributed by atoms with van der Waals surface area (Å²) in [5.74, 6) is 0.609. The number of likely N-dealkylation sites (N-methyl/N-ethyl adjacent to an activating group) is 1. The Balaban J connectivity index is 1.90. The van der Waals surface area contributed by atoms with Gasteiger partial charge in [0.25, 0.3) is 0 Å². The van der Waals surface area contributed by atoms with Crippen LogP contribution in [0, 0.1) is 5.92 Å². The molecule has 128 valence electrons. The fourth-order valence-electron chi connectivity index (χ4n) is 3.14. The van der Waals surface area contributed by atoms with E-state index in [2.05, 4.69) is 41.5 Å². The molecule has 5 heteroatoms. The summed E-state index contributed by atoms with van der Waals surface area (Å²) in [5, 5.41) is 7.27. The van der Waals surface area contributed by atoms with Gasteiger partial charge in [0, 0.05) is 37.2 Å². The number of rotatable bonds is 6. The third-order valence-corrected chi connectivity index (χ3v) is 4.80. The van der Waals surface area contributed by atoms with Crippen LogP contribution in [0.25, 0.3) is 0 Å². The molecule has 1 aromatic rings. The maximum absolute atomic E-state index is 11.5. The first-order valence-electron chi connectivity index (χ1n) is 8.44. The van der Waals surface area contributed by atoms with E-state index in [-0.39, 0.29) is 5.91 Å². The summed E-state index contributed by atoms with van der Waals surface area (Å²) in [6, 6.07) is 8.98. The van der Waals surface area contributed by atoms with Gasteiger partial charge in [-0.15, -0.1) is 0 Å². The second kappa shape index (κ2) is 8.67. The Bertz CT molecular complexity index is 495. The zero-order valence-corrected chi connectivity index (χ0v) is 15.1. The predicted molar refractivity (Wildman–Crippen MR) is 95.7 cm³/mol. The van der Waals surface area contributed by atoms with Gasteiger partial charge in [-0.2, -0.15) is 0 Å². The lowest BCUT2D eigenvalue weighted by Gasteiger charge is -2.35. The van der Waals surface area contributed by atoms with Crippen LogP contribution in [0.2, 0.25) is 5.02 Å². The molecule has 1 heterocycles. The molecular formula is C18H28ClN3O. The summed E-state index contributed by atoms with van der Waals surface area (Å²) in [4.78, 5) is 13.7. The van der Waals surface area contributed by atoms with E-state index < -0.39 is 0 Å².